The van der Waals surface area contributed by atoms with Crippen LogP contribution in [0.15, 0.2) is 67.0 Å². The topological polar surface area (TPSA) is 94.4 Å². The smallest absolute Gasteiger partial charge is 0.337 e. The van der Waals surface area contributed by atoms with Gasteiger partial charge in [-0.1, -0.05) is 37.1 Å². The normalized spacial score (nSPS) is 12.0. The van der Waals surface area contributed by atoms with Gasteiger partial charge in [-0.05, 0) is 66.9 Å². The largest absolute Gasteiger partial charge is 0.481 e. The van der Waals surface area contributed by atoms with Crippen LogP contribution >= 0.6 is 22.9 Å². The molecule has 1 N–H and O–H groups in total. The molecule has 2 aromatic carbocycles. The lowest BCUT2D eigenvalue weighted by Gasteiger charge is -2.21. The van der Waals surface area contributed by atoms with Crippen LogP contribution in [0.4, 0.5) is 0 Å². The summed E-state index contributed by atoms with van der Waals surface area (Å²) in [5, 5.41) is 11.6. The van der Waals surface area contributed by atoms with E-state index in [1.54, 1.807) is 31.6 Å². The SMILES string of the molecule is CCCCOC(C(=O)O)c1c(C)cc2nc(-c3ccnc(-c4cccnc4OC)c3)sc2c1-c1ccc(Cl)cc1. The van der Waals surface area contributed by atoms with Crippen molar-refractivity contribution in [3.05, 3.63) is 83.1 Å². The second-order valence-electron chi connectivity index (χ2n) is 9.29. The number of ether oxygens (including phenoxy) is 2. The molecule has 1 atom stereocenters. The third kappa shape index (κ3) is 5.56. The Morgan fingerprint density at radius 2 is 1.88 bits per heavy atom. The average molecular weight is 574 g/mol. The van der Waals surface area contributed by atoms with Crippen molar-refractivity contribution in [2.45, 2.75) is 32.8 Å². The third-order valence-electron chi connectivity index (χ3n) is 6.58. The van der Waals surface area contributed by atoms with Crippen LogP contribution in [0.3, 0.4) is 0 Å². The Bertz CT molecular complexity index is 1670. The van der Waals surface area contributed by atoms with Crippen molar-refractivity contribution in [2.24, 2.45) is 0 Å². The molecule has 0 fully saturated rings. The number of carboxylic acids is 1. The van der Waals surface area contributed by atoms with Crippen molar-refractivity contribution in [1.29, 1.82) is 0 Å². The van der Waals surface area contributed by atoms with Crippen LogP contribution in [-0.4, -0.2) is 39.7 Å². The van der Waals surface area contributed by atoms with Gasteiger partial charge in [0, 0.05) is 40.7 Å². The second-order valence-corrected chi connectivity index (χ2v) is 10.7. The van der Waals surface area contributed by atoms with E-state index in [9.17, 15) is 9.90 Å². The highest BCUT2D eigenvalue weighted by Gasteiger charge is 2.29. The lowest BCUT2D eigenvalue weighted by molar-refractivity contribution is -0.151. The molecular formula is C31H28ClN3O4S. The molecule has 3 heterocycles. The van der Waals surface area contributed by atoms with Gasteiger partial charge in [-0.2, -0.15) is 0 Å². The summed E-state index contributed by atoms with van der Waals surface area (Å²) in [5.41, 5.74) is 6.23. The van der Waals surface area contributed by atoms with Gasteiger partial charge in [-0.15, -0.1) is 11.3 Å². The summed E-state index contributed by atoms with van der Waals surface area (Å²) in [5.74, 6) is -0.535. The number of pyridine rings is 2. The van der Waals surface area contributed by atoms with Gasteiger partial charge in [0.05, 0.1) is 28.6 Å². The summed E-state index contributed by atoms with van der Waals surface area (Å²) in [6.45, 7) is 4.31. The number of unbranched alkanes of at least 4 members (excludes halogenated alkanes) is 1. The minimum absolute atomic E-state index is 0.358. The van der Waals surface area contributed by atoms with Crippen LogP contribution in [0.5, 0.6) is 5.88 Å². The molecule has 40 heavy (non-hydrogen) atoms. The summed E-state index contributed by atoms with van der Waals surface area (Å²) in [6.07, 6.45) is 3.98. The fourth-order valence-corrected chi connectivity index (χ4v) is 5.91. The number of carbonyl (C=O) groups is 1. The van der Waals surface area contributed by atoms with Crippen molar-refractivity contribution >= 4 is 39.1 Å². The number of fused-ring (bicyclic) bond motifs is 1. The summed E-state index contributed by atoms with van der Waals surface area (Å²) >= 11 is 7.71. The molecule has 0 radical (unpaired) electrons. The van der Waals surface area contributed by atoms with E-state index in [1.807, 2.05) is 56.3 Å². The third-order valence-corrected chi connectivity index (χ3v) is 7.97. The number of methoxy groups -OCH3 is 1. The lowest BCUT2D eigenvalue weighted by Crippen LogP contribution is -2.18. The molecule has 1 unspecified atom stereocenters. The van der Waals surface area contributed by atoms with Gasteiger partial charge < -0.3 is 14.6 Å². The van der Waals surface area contributed by atoms with E-state index in [0.29, 0.717) is 28.8 Å². The highest BCUT2D eigenvalue weighted by molar-refractivity contribution is 7.22. The van der Waals surface area contributed by atoms with Crippen LogP contribution in [0.2, 0.25) is 5.02 Å². The van der Waals surface area contributed by atoms with Crippen LogP contribution in [0.25, 0.3) is 43.2 Å². The van der Waals surface area contributed by atoms with Crippen molar-refractivity contribution < 1.29 is 19.4 Å². The van der Waals surface area contributed by atoms with Crippen molar-refractivity contribution in [3.8, 4) is 38.8 Å². The molecule has 5 aromatic rings. The zero-order valence-corrected chi connectivity index (χ0v) is 23.9. The molecule has 0 aliphatic carbocycles. The Balaban J connectivity index is 1.70. The predicted octanol–water partition coefficient (Wildman–Crippen LogP) is 8.00. The fraction of sp³-hybridized carbons (Fsp3) is 0.226. The maximum Gasteiger partial charge on any atom is 0.337 e. The van der Waals surface area contributed by atoms with E-state index >= 15 is 0 Å². The Morgan fingerprint density at radius 1 is 1.07 bits per heavy atom. The fourth-order valence-electron chi connectivity index (χ4n) is 4.66. The van der Waals surface area contributed by atoms with Gasteiger partial charge in [0.25, 0.3) is 0 Å². The van der Waals surface area contributed by atoms with Gasteiger partial charge >= 0.3 is 5.97 Å². The Morgan fingerprint density at radius 3 is 2.60 bits per heavy atom. The minimum atomic E-state index is -1.11. The molecule has 0 saturated heterocycles. The lowest BCUT2D eigenvalue weighted by atomic mass is 9.91. The minimum Gasteiger partial charge on any atom is -0.481 e. The van der Waals surface area contributed by atoms with E-state index < -0.39 is 12.1 Å². The number of hydrogen-bond donors (Lipinski definition) is 1. The van der Waals surface area contributed by atoms with Gasteiger partial charge in [0.2, 0.25) is 5.88 Å². The molecule has 9 heteroatoms. The maximum absolute atomic E-state index is 12.5. The van der Waals surface area contributed by atoms with Crippen molar-refractivity contribution in [1.82, 2.24) is 15.0 Å². The maximum atomic E-state index is 12.5. The number of aromatic nitrogens is 3. The molecule has 7 nitrogen and oxygen atoms in total. The number of hydrogen-bond acceptors (Lipinski definition) is 7. The number of thiazole rings is 1. The Labute approximate surface area is 241 Å². The highest BCUT2D eigenvalue weighted by atomic mass is 35.5. The summed E-state index contributed by atoms with van der Waals surface area (Å²) in [4.78, 5) is 26.3. The number of rotatable bonds is 10. The van der Waals surface area contributed by atoms with Crippen LogP contribution in [-0.2, 0) is 9.53 Å². The van der Waals surface area contributed by atoms with Crippen LogP contribution in [0.1, 0.15) is 37.0 Å². The number of halogens is 1. The van der Waals surface area contributed by atoms with Crippen LogP contribution in [0, 0.1) is 6.92 Å². The number of aliphatic carboxylic acids is 1. The molecule has 0 aliphatic heterocycles. The first-order valence-electron chi connectivity index (χ1n) is 12.9. The molecule has 0 aliphatic rings. The van der Waals surface area contributed by atoms with E-state index in [2.05, 4.69) is 9.97 Å². The first kappa shape index (κ1) is 27.7. The summed E-state index contributed by atoms with van der Waals surface area (Å²) < 4.78 is 12.3. The predicted molar refractivity (Wildman–Crippen MR) is 159 cm³/mol. The quantitative estimate of drug-likeness (QED) is 0.169. The number of aryl methyl sites for hydroxylation is 1. The molecule has 0 saturated carbocycles. The summed E-state index contributed by atoms with van der Waals surface area (Å²) in [7, 11) is 1.58. The zero-order chi connectivity index (χ0) is 28.2. The van der Waals surface area contributed by atoms with Crippen LogP contribution < -0.4 is 4.74 Å². The van der Waals surface area contributed by atoms with Gasteiger partial charge in [-0.3, -0.25) is 4.98 Å². The molecular weight excluding hydrogens is 546 g/mol. The number of nitrogens with zero attached hydrogens (tertiary/aromatic N) is 3. The molecule has 204 valence electrons. The second kappa shape index (κ2) is 12.1. The Kier molecular flexibility index (Phi) is 8.40. The number of carboxylic acid groups (broad SMARTS) is 1. The molecule has 3 aromatic heterocycles. The molecule has 5 rings (SSSR count). The summed E-state index contributed by atoms with van der Waals surface area (Å²) in [6, 6.07) is 17.0. The molecule has 0 amide bonds. The Hall–Kier alpha value is -3.85. The molecule has 0 bridgehead atoms. The van der Waals surface area contributed by atoms with E-state index in [0.717, 1.165) is 55.9 Å². The van der Waals surface area contributed by atoms with Crippen molar-refractivity contribution in [2.75, 3.05) is 13.7 Å². The first-order valence-corrected chi connectivity index (χ1v) is 14.1. The van der Waals surface area contributed by atoms with Gasteiger partial charge in [-0.25, -0.2) is 14.8 Å². The van der Waals surface area contributed by atoms with E-state index in [-0.39, 0.29) is 0 Å². The monoisotopic (exact) mass is 573 g/mol. The van der Waals surface area contributed by atoms with Crippen molar-refractivity contribution in [3.63, 3.8) is 0 Å². The van der Waals surface area contributed by atoms with E-state index in [4.69, 9.17) is 26.1 Å². The van der Waals surface area contributed by atoms with Gasteiger partial charge in [0.15, 0.2) is 6.10 Å². The first-order chi connectivity index (χ1) is 19.4. The van der Waals surface area contributed by atoms with E-state index in [1.165, 1.54) is 11.3 Å². The number of benzene rings is 2. The van der Waals surface area contributed by atoms with Gasteiger partial charge in [0.1, 0.15) is 5.01 Å². The highest BCUT2D eigenvalue weighted by Crippen LogP contribution is 2.44. The average Bonchev–Trinajstić information content (AvgIpc) is 3.39. The zero-order valence-electron chi connectivity index (χ0n) is 22.3. The molecule has 0 spiro atoms. The standard InChI is InChI=1S/C31H28ClN3O4S/c1-4-5-15-39-27(31(36)37)25-18(2)16-24-28(26(25)19-8-10-21(32)11-9-19)40-30(35-24)20-12-14-33-23(17-20)22-7-6-13-34-29(22)38-3/h6-14,16-17,27H,4-5,15H2,1-3H3,(H,36,37).